The van der Waals surface area contributed by atoms with Gasteiger partial charge in [-0.3, -0.25) is 0 Å². The summed E-state index contributed by atoms with van der Waals surface area (Å²) >= 11 is 0. The molecular formula is C9H9N5O. The number of nitrogen functional groups attached to an aromatic ring is 1. The maximum atomic E-state index is 5.54. The summed E-state index contributed by atoms with van der Waals surface area (Å²) in [7, 11) is 1.51. The van der Waals surface area contributed by atoms with Crippen molar-refractivity contribution in [3.05, 3.63) is 24.7 Å². The van der Waals surface area contributed by atoms with Crippen LogP contribution in [0.25, 0.3) is 11.4 Å². The number of hydrogen-bond acceptors (Lipinski definition) is 6. The van der Waals surface area contributed by atoms with Crippen LogP contribution in [-0.4, -0.2) is 27.0 Å². The van der Waals surface area contributed by atoms with Gasteiger partial charge in [0.15, 0.2) is 5.82 Å². The van der Waals surface area contributed by atoms with E-state index in [0.717, 1.165) is 0 Å². The van der Waals surface area contributed by atoms with Crippen molar-refractivity contribution in [3.8, 4) is 17.4 Å². The molecule has 0 bridgehead atoms. The van der Waals surface area contributed by atoms with Crippen molar-refractivity contribution < 1.29 is 4.74 Å². The number of nitrogens with two attached hydrogens (primary N) is 1. The lowest BCUT2D eigenvalue weighted by atomic mass is 10.3. The zero-order valence-corrected chi connectivity index (χ0v) is 8.08. The zero-order valence-electron chi connectivity index (χ0n) is 8.08. The molecule has 0 atom stereocenters. The first-order chi connectivity index (χ1) is 7.29. The minimum absolute atomic E-state index is 0.308. The number of rotatable bonds is 2. The topological polar surface area (TPSA) is 86.8 Å². The summed E-state index contributed by atoms with van der Waals surface area (Å²) in [5.74, 6) is 0.911. The number of ether oxygens (including phenoxy) is 1. The van der Waals surface area contributed by atoms with Gasteiger partial charge in [0.25, 0.3) is 0 Å². The van der Waals surface area contributed by atoms with E-state index in [-0.39, 0.29) is 0 Å². The molecule has 0 spiro atoms. The molecule has 2 aromatic heterocycles. The van der Waals surface area contributed by atoms with E-state index in [0.29, 0.717) is 23.2 Å². The van der Waals surface area contributed by atoms with Gasteiger partial charge in [-0.05, 0) is 6.07 Å². The third kappa shape index (κ3) is 1.98. The molecule has 0 aliphatic heterocycles. The molecule has 6 nitrogen and oxygen atoms in total. The molecule has 0 saturated carbocycles. The third-order valence-electron chi connectivity index (χ3n) is 1.75. The Hall–Kier alpha value is -2.24. The Labute approximate surface area is 86.2 Å². The molecule has 15 heavy (non-hydrogen) atoms. The van der Waals surface area contributed by atoms with Crippen molar-refractivity contribution in [2.75, 3.05) is 12.8 Å². The lowest BCUT2D eigenvalue weighted by Gasteiger charge is -2.00. The molecule has 6 heteroatoms. The molecule has 0 saturated heterocycles. The quantitative estimate of drug-likeness (QED) is 0.765. The highest BCUT2D eigenvalue weighted by Gasteiger charge is 2.03. The highest BCUT2D eigenvalue weighted by molar-refractivity contribution is 5.53. The first-order valence-corrected chi connectivity index (χ1v) is 4.24. The minimum Gasteiger partial charge on any atom is -0.467 e. The van der Waals surface area contributed by atoms with Gasteiger partial charge in [-0.2, -0.15) is 0 Å². The van der Waals surface area contributed by atoms with Gasteiger partial charge in [-0.1, -0.05) is 0 Å². The molecule has 76 valence electrons. The Balaban J connectivity index is 2.37. The van der Waals surface area contributed by atoms with Crippen LogP contribution in [0, 0.1) is 0 Å². The fourth-order valence-electron chi connectivity index (χ4n) is 1.05. The molecule has 2 N–H and O–H groups in total. The molecule has 2 aromatic rings. The van der Waals surface area contributed by atoms with Crippen molar-refractivity contribution >= 4 is 5.82 Å². The van der Waals surface area contributed by atoms with Crippen LogP contribution in [0.5, 0.6) is 6.01 Å². The van der Waals surface area contributed by atoms with Gasteiger partial charge in [-0.25, -0.2) is 19.9 Å². The second-order valence-electron chi connectivity index (χ2n) is 2.76. The smallest absolute Gasteiger partial charge is 0.316 e. The second kappa shape index (κ2) is 3.87. The van der Waals surface area contributed by atoms with Crippen molar-refractivity contribution in [1.82, 2.24) is 19.9 Å². The molecule has 0 radical (unpaired) electrons. The average Bonchev–Trinajstić information content (AvgIpc) is 2.29. The Kier molecular flexibility index (Phi) is 2.40. The molecule has 0 aliphatic carbocycles. The normalized spacial score (nSPS) is 9.93. The summed E-state index contributed by atoms with van der Waals surface area (Å²) in [6.45, 7) is 0. The molecule has 0 fully saturated rings. The van der Waals surface area contributed by atoms with E-state index in [2.05, 4.69) is 19.9 Å². The fourth-order valence-corrected chi connectivity index (χ4v) is 1.05. The standard InChI is InChI=1S/C9H9N5O/c1-15-9-12-4-6(5-13-9)8-11-3-2-7(10)14-8/h2-5H,1H3,(H2,10,11,14). The van der Waals surface area contributed by atoms with E-state index in [1.165, 1.54) is 7.11 Å². The average molecular weight is 203 g/mol. The highest BCUT2D eigenvalue weighted by Crippen LogP contribution is 2.14. The van der Waals surface area contributed by atoms with E-state index in [1.807, 2.05) is 0 Å². The molecular weight excluding hydrogens is 194 g/mol. The lowest BCUT2D eigenvalue weighted by molar-refractivity contribution is 0.380. The van der Waals surface area contributed by atoms with E-state index >= 15 is 0 Å². The molecule has 0 aliphatic rings. The summed E-state index contributed by atoms with van der Waals surface area (Å²) in [5.41, 5.74) is 6.23. The number of anilines is 1. The van der Waals surface area contributed by atoms with Crippen molar-refractivity contribution in [3.63, 3.8) is 0 Å². The first-order valence-electron chi connectivity index (χ1n) is 4.24. The third-order valence-corrected chi connectivity index (χ3v) is 1.75. The zero-order chi connectivity index (χ0) is 10.7. The SMILES string of the molecule is COc1ncc(-c2nccc(N)n2)cn1. The molecule has 0 unspecified atom stereocenters. The van der Waals surface area contributed by atoms with Crippen molar-refractivity contribution in [1.29, 1.82) is 0 Å². The van der Waals surface area contributed by atoms with E-state index in [9.17, 15) is 0 Å². The summed E-state index contributed by atoms with van der Waals surface area (Å²) in [6.07, 6.45) is 4.75. The number of aromatic nitrogens is 4. The van der Waals surface area contributed by atoms with Crippen LogP contribution in [0.3, 0.4) is 0 Å². The molecule has 0 aromatic carbocycles. The van der Waals surface area contributed by atoms with E-state index in [4.69, 9.17) is 10.5 Å². The Morgan fingerprint density at radius 3 is 2.53 bits per heavy atom. The Morgan fingerprint density at radius 2 is 1.93 bits per heavy atom. The van der Waals surface area contributed by atoms with Crippen LogP contribution in [0.4, 0.5) is 5.82 Å². The van der Waals surface area contributed by atoms with E-state index < -0.39 is 0 Å². The number of methoxy groups -OCH3 is 1. The molecule has 0 amide bonds. The van der Waals surface area contributed by atoms with Crippen molar-refractivity contribution in [2.24, 2.45) is 0 Å². The van der Waals surface area contributed by atoms with Crippen molar-refractivity contribution in [2.45, 2.75) is 0 Å². The summed E-state index contributed by atoms with van der Waals surface area (Å²) < 4.78 is 4.84. The predicted octanol–water partition coefficient (Wildman–Crippen LogP) is 0.524. The van der Waals surface area contributed by atoms with Crippen LogP contribution < -0.4 is 10.5 Å². The predicted molar refractivity (Wildman–Crippen MR) is 54.0 cm³/mol. The lowest BCUT2D eigenvalue weighted by Crippen LogP contribution is -1.96. The molecule has 2 rings (SSSR count). The summed E-state index contributed by atoms with van der Waals surface area (Å²) in [6, 6.07) is 1.93. The van der Waals surface area contributed by atoms with Gasteiger partial charge in [0, 0.05) is 18.6 Å². The Bertz CT molecular complexity index is 456. The fraction of sp³-hybridized carbons (Fsp3) is 0.111. The van der Waals surface area contributed by atoms with Gasteiger partial charge >= 0.3 is 6.01 Å². The van der Waals surface area contributed by atoms with Gasteiger partial charge in [0.2, 0.25) is 0 Å². The minimum atomic E-state index is 0.308. The number of hydrogen-bond donors (Lipinski definition) is 1. The first kappa shape index (κ1) is 9.32. The largest absolute Gasteiger partial charge is 0.467 e. The number of nitrogens with zero attached hydrogens (tertiary/aromatic N) is 4. The van der Waals surface area contributed by atoms with Crippen LogP contribution in [0.15, 0.2) is 24.7 Å². The summed E-state index contributed by atoms with van der Waals surface area (Å²) in [4.78, 5) is 16.0. The maximum Gasteiger partial charge on any atom is 0.316 e. The monoisotopic (exact) mass is 203 g/mol. The van der Waals surface area contributed by atoms with Crippen LogP contribution >= 0.6 is 0 Å². The van der Waals surface area contributed by atoms with Gasteiger partial charge in [0.05, 0.1) is 12.7 Å². The Morgan fingerprint density at radius 1 is 1.20 bits per heavy atom. The van der Waals surface area contributed by atoms with E-state index in [1.54, 1.807) is 24.7 Å². The van der Waals surface area contributed by atoms with Crippen LogP contribution in [0.1, 0.15) is 0 Å². The van der Waals surface area contributed by atoms with Gasteiger partial charge < -0.3 is 10.5 Å². The molecule has 2 heterocycles. The maximum absolute atomic E-state index is 5.54. The van der Waals surface area contributed by atoms with Gasteiger partial charge in [0.1, 0.15) is 5.82 Å². The summed E-state index contributed by atoms with van der Waals surface area (Å²) in [5, 5.41) is 0. The van der Waals surface area contributed by atoms with Crippen LogP contribution in [-0.2, 0) is 0 Å². The highest BCUT2D eigenvalue weighted by atomic mass is 16.5. The second-order valence-corrected chi connectivity index (χ2v) is 2.76. The van der Waals surface area contributed by atoms with Gasteiger partial charge in [-0.15, -0.1) is 0 Å². The van der Waals surface area contributed by atoms with Crippen LogP contribution in [0.2, 0.25) is 0 Å².